The summed E-state index contributed by atoms with van der Waals surface area (Å²) in [6.07, 6.45) is 0.844. The molecule has 2 rings (SSSR count). The molecule has 1 nitrogen and oxygen atoms in total. The Morgan fingerprint density at radius 3 is 2.65 bits per heavy atom. The summed E-state index contributed by atoms with van der Waals surface area (Å²) in [5.74, 6) is 0.954. The Balaban J connectivity index is 2.23. The largest absolute Gasteiger partial charge is 0.494 e. The van der Waals surface area contributed by atoms with Crippen molar-refractivity contribution in [2.45, 2.75) is 13.3 Å². The topological polar surface area (TPSA) is 9.23 Å². The third-order valence-corrected chi connectivity index (χ3v) is 2.79. The molecule has 2 heteroatoms. The maximum atomic E-state index is 5.98. The van der Waals surface area contributed by atoms with E-state index in [2.05, 4.69) is 12.1 Å². The van der Waals surface area contributed by atoms with Crippen LogP contribution in [-0.4, -0.2) is 6.61 Å². The molecular weight excluding hydrogens is 232 g/mol. The molecule has 0 unspecified atom stereocenters. The molecule has 0 bridgehead atoms. The maximum Gasteiger partial charge on any atom is 0.122 e. The van der Waals surface area contributed by atoms with Crippen molar-refractivity contribution in [1.29, 1.82) is 0 Å². The molecule has 0 saturated carbocycles. The first-order valence-electron chi connectivity index (χ1n) is 5.74. The van der Waals surface area contributed by atoms with Crippen LogP contribution in [0.15, 0.2) is 48.5 Å². The van der Waals surface area contributed by atoms with Crippen LogP contribution in [-0.2, 0) is 6.42 Å². The molecule has 2 aromatic carbocycles. The van der Waals surface area contributed by atoms with Crippen LogP contribution >= 0.6 is 11.6 Å². The number of hydrogen-bond acceptors (Lipinski definition) is 1. The number of ether oxygens (including phenoxy) is 1. The lowest BCUT2D eigenvalue weighted by atomic mass is 10.0. The van der Waals surface area contributed by atoms with Gasteiger partial charge in [-0.15, -0.1) is 0 Å². The maximum absolute atomic E-state index is 5.98. The highest BCUT2D eigenvalue weighted by Gasteiger charge is 2.03. The van der Waals surface area contributed by atoms with Gasteiger partial charge in [0.25, 0.3) is 0 Å². The smallest absolute Gasteiger partial charge is 0.122 e. The molecule has 0 fully saturated rings. The van der Waals surface area contributed by atoms with Gasteiger partial charge in [-0.2, -0.15) is 0 Å². The Bertz CT molecular complexity index is 494. The summed E-state index contributed by atoms with van der Waals surface area (Å²) < 4.78 is 5.61. The number of para-hydroxylation sites is 1. The van der Waals surface area contributed by atoms with Crippen molar-refractivity contribution < 1.29 is 4.74 Å². The van der Waals surface area contributed by atoms with Crippen molar-refractivity contribution in [3.8, 4) is 5.75 Å². The first-order valence-corrected chi connectivity index (χ1v) is 6.12. The van der Waals surface area contributed by atoms with Gasteiger partial charge >= 0.3 is 0 Å². The minimum atomic E-state index is 0.687. The fourth-order valence-corrected chi connectivity index (χ4v) is 2.03. The van der Waals surface area contributed by atoms with E-state index in [9.17, 15) is 0 Å². The van der Waals surface area contributed by atoms with Gasteiger partial charge in [-0.25, -0.2) is 0 Å². The Kier molecular flexibility index (Phi) is 4.05. The van der Waals surface area contributed by atoms with E-state index in [-0.39, 0.29) is 0 Å². The van der Waals surface area contributed by atoms with Crippen molar-refractivity contribution in [3.63, 3.8) is 0 Å². The quantitative estimate of drug-likeness (QED) is 0.780. The van der Waals surface area contributed by atoms with Gasteiger partial charge in [0.15, 0.2) is 0 Å². The predicted molar refractivity (Wildman–Crippen MR) is 71.9 cm³/mol. The van der Waals surface area contributed by atoms with Gasteiger partial charge in [-0.05, 0) is 36.2 Å². The summed E-state index contributed by atoms with van der Waals surface area (Å²) in [7, 11) is 0. The van der Waals surface area contributed by atoms with E-state index in [1.807, 2.05) is 43.3 Å². The fourth-order valence-electron chi connectivity index (χ4n) is 1.81. The van der Waals surface area contributed by atoms with E-state index in [0.717, 1.165) is 17.2 Å². The van der Waals surface area contributed by atoms with Crippen LogP contribution in [0.2, 0.25) is 5.02 Å². The molecule has 0 aliphatic rings. The SMILES string of the molecule is CCOc1ccccc1Cc1cccc(Cl)c1. The molecule has 0 aliphatic heterocycles. The van der Waals surface area contributed by atoms with Crippen LogP contribution in [0.25, 0.3) is 0 Å². The molecule has 88 valence electrons. The summed E-state index contributed by atoms with van der Waals surface area (Å²) in [6, 6.07) is 16.0. The second-order valence-corrected chi connectivity index (χ2v) is 4.28. The van der Waals surface area contributed by atoms with Crippen LogP contribution in [0.3, 0.4) is 0 Å². The van der Waals surface area contributed by atoms with Crippen LogP contribution in [0.4, 0.5) is 0 Å². The highest BCUT2D eigenvalue weighted by molar-refractivity contribution is 6.30. The molecule has 0 N–H and O–H groups in total. The Morgan fingerprint density at radius 1 is 1.06 bits per heavy atom. The molecule has 0 atom stereocenters. The molecular formula is C15H15ClO. The Hall–Kier alpha value is -1.47. The van der Waals surface area contributed by atoms with Gasteiger partial charge in [-0.1, -0.05) is 41.9 Å². The van der Waals surface area contributed by atoms with Crippen molar-refractivity contribution in [2.24, 2.45) is 0 Å². The van der Waals surface area contributed by atoms with Crippen molar-refractivity contribution in [1.82, 2.24) is 0 Å². The number of benzene rings is 2. The zero-order valence-electron chi connectivity index (χ0n) is 9.82. The van der Waals surface area contributed by atoms with Crippen LogP contribution < -0.4 is 4.74 Å². The van der Waals surface area contributed by atoms with Crippen LogP contribution in [0.1, 0.15) is 18.1 Å². The van der Waals surface area contributed by atoms with E-state index in [1.54, 1.807) is 0 Å². The van der Waals surface area contributed by atoms with E-state index in [1.165, 1.54) is 11.1 Å². The molecule has 0 aliphatic carbocycles. The molecule has 0 heterocycles. The van der Waals surface area contributed by atoms with Gasteiger partial charge in [0.2, 0.25) is 0 Å². The highest BCUT2D eigenvalue weighted by Crippen LogP contribution is 2.22. The molecule has 0 amide bonds. The van der Waals surface area contributed by atoms with Crippen molar-refractivity contribution >= 4 is 11.6 Å². The standard InChI is InChI=1S/C15H15ClO/c1-2-17-15-9-4-3-7-13(15)10-12-6-5-8-14(16)11-12/h3-9,11H,2,10H2,1H3. The minimum absolute atomic E-state index is 0.687. The summed E-state index contributed by atoms with van der Waals surface area (Å²) in [4.78, 5) is 0. The van der Waals surface area contributed by atoms with Crippen LogP contribution in [0.5, 0.6) is 5.75 Å². The Morgan fingerprint density at radius 2 is 1.88 bits per heavy atom. The van der Waals surface area contributed by atoms with Gasteiger partial charge < -0.3 is 4.74 Å². The van der Waals surface area contributed by atoms with Crippen molar-refractivity contribution in [2.75, 3.05) is 6.61 Å². The van der Waals surface area contributed by atoms with E-state index < -0.39 is 0 Å². The molecule has 0 spiro atoms. The highest BCUT2D eigenvalue weighted by atomic mass is 35.5. The zero-order valence-corrected chi connectivity index (χ0v) is 10.6. The lowest BCUT2D eigenvalue weighted by molar-refractivity contribution is 0.337. The lowest BCUT2D eigenvalue weighted by Crippen LogP contribution is -1.97. The molecule has 0 aromatic heterocycles. The molecule has 0 saturated heterocycles. The first-order chi connectivity index (χ1) is 8.29. The fraction of sp³-hybridized carbons (Fsp3) is 0.200. The van der Waals surface area contributed by atoms with E-state index in [4.69, 9.17) is 16.3 Å². The summed E-state index contributed by atoms with van der Waals surface area (Å²) in [6.45, 7) is 2.68. The van der Waals surface area contributed by atoms with Gasteiger partial charge in [0.05, 0.1) is 6.61 Å². The average molecular weight is 247 g/mol. The summed E-state index contributed by atoms with van der Waals surface area (Å²) in [5.41, 5.74) is 2.39. The Labute approximate surface area is 107 Å². The van der Waals surface area contributed by atoms with Gasteiger partial charge in [0.1, 0.15) is 5.75 Å². The van der Waals surface area contributed by atoms with Gasteiger partial charge in [0, 0.05) is 11.4 Å². The van der Waals surface area contributed by atoms with Crippen LogP contribution in [0, 0.1) is 0 Å². The van der Waals surface area contributed by atoms with Gasteiger partial charge in [-0.3, -0.25) is 0 Å². The zero-order chi connectivity index (χ0) is 12.1. The number of rotatable bonds is 4. The third-order valence-electron chi connectivity index (χ3n) is 2.56. The third kappa shape index (κ3) is 3.24. The second kappa shape index (κ2) is 5.74. The first kappa shape index (κ1) is 12.0. The van der Waals surface area contributed by atoms with E-state index in [0.29, 0.717) is 6.61 Å². The van der Waals surface area contributed by atoms with Crippen molar-refractivity contribution in [3.05, 3.63) is 64.7 Å². The second-order valence-electron chi connectivity index (χ2n) is 3.85. The predicted octanol–water partition coefficient (Wildman–Crippen LogP) is 4.33. The number of halogens is 1. The summed E-state index contributed by atoms with van der Waals surface area (Å²) in [5, 5.41) is 0.774. The molecule has 17 heavy (non-hydrogen) atoms. The average Bonchev–Trinajstić information content (AvgIpc) is 2.32. The molecule has 2 aromatic rings. The normalized spacial score (nSPS) is 10.2. The lowest BCUT2D eigenvalue weighted by Gasteiger charge is -2.10. The number of hydrogen-bond donors (Lipinski definition) is 0. The monoisotopic (exact) mass is 246 g/mol. The molecule has 0 radical (unpaired) electrons. The summed E-state index contributed by atoms with van der Waals surface area (Å²) >= 11 is 5.98. The minimum Gasteiger partial charge on any atom is -0.494 e. The van der Waals surface area contributed by atoms with E-state index >= 15 is 0 Å².